The monoisotopic (exact) mass is 190 g/mol. The van der Waals surface area contributed by atoms with E-state index in [4.69, 9.17) is 5.11 Å². The summed E-state index contributed by atoms with van der Waals surface area (Å²) < 4.78 is 1.85. The summed E-state index contributed by atoms with van der Waals surface area (Å²) in [4.78, 5) is 0. The van der Waals surface area contributed by atoms with Gasteiger partial charge in [-0.3, -0.25) is 4.68 Å². The van der Waals surface area contributed by atoms with Crippen LogP contribution in [0.15, 0.2) is 18.2 Å². The Labute approximate surface area is 83.0 Å². The Bertz CT molecular complexity index is 460. The Kier molecular flexibility index (Phi) is 2.25. The summed E-state index contributed by atoms with van der Waals surface area (Å²) in [5, 5.41) is 14.4. The number of aryl methyl sites for hydroxylation is 2. The van der Waals surface area contributed by atoms with Crippen LogP contribution in [0.4, 0.5) is 0 Å². The number of rotatable bonds is 2. The molecule has 0 atom stereocenters. The first-order valence-electron chi connectivity index (χ1n) is 4.77. The second kappa shape index (κ2) is 3.42. The molecule has 14 heavy (non-hydrogen) atoms. The van der Waals surface area contributed by atoms with Crippen molar-refractivity contribution in [3.63, 3.8) is 0 Å². The van der Waals surface area contributed by atoms with Crippen molar-refractivity contribution < 1.29 is 5.11 Å². The van der Waals surface area contributed by atoms with Crippen molar-refractivity contribution in [2.45, 2.75) is 20.4 Å². The highest BCUT2D eigenvalue weighted by atomic mass is 16.3. The fourth-order valence-corrected chi connectivity index (χ4v) is 1.72. The lowest BCUT2D eigenvalue weighted by atomic mass is 10.1. The second-order valence-corrected chi connectivity index (χ2v) is 3.55. The molecule has 1 aromatic carbocycles. The van der Waals surface area contributed by atoms with Gasteiger partial charge in [0.05, 0.1) is 24.4 Å². The molecule has 1 aromatic heterocycles. The average Bonchev–Trinajstić information content (AvgIpc) is 2.44. The minimum atomic E-state index is 0.129. The summed E-state index contributed by atoms with van der Waals surface area (Å²) in [5.41, 5.74) is 3.36. The van der Waals surface area contributed by atoms with Crippen molar-refractivity contribution in [1.82, 2.24) is 9.78 Å². The van der Waals surface area contributed by atoms with Gasteiger partial charge in [0.25, 0.3) is 0 Å². The molecule has 0 amide bonds. The summed E-state index contributed by atoms with van der Waals surface area (Å²) in [6.45, 7) is 4.76. The van der Waals surface area contributed by atoms with E-state index in [2.05, 4.69) is 30.2 Å². The van der Waals surface area contributed by atoms with Crippen LogP contribution >= 0.6 is 0 Å². The van der Waals surface area contributed by atoms with Crippen molar-refractivity contribution in [3.05, 3.63) is 29.5 Å². The van der Waals surface area contributed by atoms with Crippen LogP contribution in [0, 0.1) is 13.8 Å². The summed E-state index contributed by atoms with van der Waals surface area (Å²) in [6, 6.07) is 6.25. The van der Waals surface area contributed by atoms with Gasteiger partial charge in [-0.2, -0.15) is 5.10 Å². The summed E-state index contributed by atoms with van der Waals surface area (Å²) in [6.07, 6.45) is 0. The Morgan fingerprint density at radius 2 is 2.14 bits per heavy atom. The molecule has 3 heteroatoms. The number of nitrogens with zero attached hydrogens (tertiary/aromatic N) is 2. The predicted octanol–water partition coefficient (Wildman–Crippen LogP) is 1.65. The van der Waals surface area contributed by atoms with Crippen LogP contribution in [0.1, 0.15) is 11.3 Å². The molecule has 2 rings (SSSR count). The van der Waals surface area contributed by atoms with Gasteiger partial charge in [-0.1, -0.05) is 11.6 Å². The maximum absolute atomic E-state index is 8.88. The molecule has 0 bridgehead atoms. The third-order valence-electron chi connectivity index (χ3n) is 2.40. The van der Waals surface area contributed by atoms with E-state index >= 15 is 0 Å². The van der Waals surface area contributed by atoms with Crippen molar-refractivity contribution in [2.24, 2.45) is 0 Å². The molecule has 0 aliphatic heterocycles. The Balaban J connectivity index is 2.65. The standard InChI is InChI=1S/C11H14N2O/c1-8-3-4-11-10(7-8)9(2)12-13(11)5-6-14/h3-4,7,14H,5-6H2,1-2H3. The maximum Gasteiger partial charge on any atom is 0.0686 e. The Morgan fingerprint density at radius 1 is 1.36 bits per heavy atom. The molecule has 1 heterocycles. The lowest BCUT2D eigenvalue weighted by Crippen LogP contribution is -2.03. The van der Waals surface area contributed by atoms with Gasteiger partial charge in [-0.15, -0.1) is 0 Å². The minimum Gasteiger partial charge on any atom is -0.394 e. The number of benzene rings is 1. The fraction of sp³-hybridized carbons (Fsp3) is 0.364. The molecular weight excluding hydrogens is 176 g/mol. The fourth-order valence-electron chi connectivity index (χ4n) is 1.72. The smallest absolute Gasteiger partial charge is 0.0686 e. The zero-order chi connectivity index (χ0) is 10.1. The molecule has 0 spiro atoms. The molecule has 0 aliphatic rings. The molecule has 0 fully saturated rings. The number of aliphatic hydroxyl groups is 1. The molecule has 0 radical (unpaired) electrons. The second-order valence-electron chi connectivity index (χ2n) is 3.55. The Hall–Kier alpha value is -1.35. The number of hydrogen-bond donors (Lipinski definition) is 1. The minimum absolute atomic E-state index is 0.129. The van der Waals surface area contributed by atoms with Gasteiger partial charge >= 0.3 is 0 Å². The zero-order valence-corrected chi connectivity index (χ0v) is 8.49. The van der Waals surface area contributed by atoms with Crippen LogP contribution in [-0.4, -0.2) is 21.5 Å². The van der Waals surface area contributed by atoms with E-state index in [0.717, 1.165) is 11.2 Å². The van der Waals surface area contributed by atoms with Crippen LogP contribution in [0.3, 0.4) is 0 Å². The SMILES string of the molecule is Cc1ccc2c(c1)c(C)nn2CCO. The molecule has 0 aliphatic carbocycles. The zero-order valence-electron chi connectivity index (χ0n) is 8.49. The largest absolute Gasteiger partial charge is 0.394 e. The van der Waals surface area contributed by atoms with Crippen LogP contribution in [0.2, 0.25) is 0 Å². The van der Waals surface area contributed by atoms with Gasteiger partial charge < -0.3 is 5.11 Å². The van der Waals surface area contributed by atoms with Gasteiger partial charge in [-0.05, 0) is 26.0 Å². The van der Waals surface area contributed by atoms with Gasteiger partial charge in [0.1, 0.15) is 0 Å². The van der Waals surface area contributed by atoms with E-state index in [1.54, 1.807) is 0 Å². The molecule has 0 unspecified atom stereocenters. The molecule has 0 saturated carbocycles. The third-order valence-corrected chi connectivity index (χ3v) is 2.40. The van der Waals surface area contributed by atoms with Crippen molar-refractivity contribution in [1.29, 1.82) is 0 Å². The lowest BCUT2D eigenvalue weighted by Gasteiger charge is -1.99. The van der Waals surface area contributed by atoms with E-state index in [9.17, 15) is 0 Å². The molecule has 2 aromatic rings. The number of fused-ring (bicyclic) bond motifs is 1. The van der Waals surface area contributed by atoms with Gasteiger partial charge in [0.2, 0.25) is 0 Å². The van der Waals surface area contributed by atoms with E-state index in [1.807, 2.05) is 11.6 Å². The molecular formula is C11H14N2O. The first kappa shape index (κ1) is 9.21. The highest BCUT2D eigenvalue weighted by Gasteiger charge is 2.05. The first-order valence-corrected chi connectivity index (χ1v) is 4.77. The molecule has 74 valence electrons. The van der Waals surface area contributed by atoms with Crippen molar-refractivity contribution in [2.75, 3.05) is 6.61 Å². The van der Waals surface area contributed by atoms with Gasteiger partial charge in [-0.25, -0.2) is 0 Å². The first-order chi connectivity index (χ1) is 6.72. The summed E-state index contributed by atoms with van der Waals surface area (Å²) >= 11 is 0. The molecule has 1 N–H and O–H groups in total. The normalized spacial score (nSPS) is 11.1. The average molecular weight is 190 g/mol. The molecule has 0 saturated heterocycles. The van der Waals surface area contributed by atoms with E-state index < -0.39 is 0 Å². The highest BCUT2D eigenvalue weighted by molar-refractivity contribution is 5.82. The van der Waals surface area contributed by atoms with Crippen LogP contribution < -0.4 is 0 Å². The van der Waals surface area contributed by atoms with Crippen molar-refractivity contribution in [3.8, 4) is 0 Å². The quantitative estimate of drug-likeness (QED) is 0.781. The van der Waals surface area contributed by atoms with Gasteiger partial charge in [0.15, 0.2) is 0 Å². The van der Waals surface area contributed by atoms with Crippen LogP contribution in [0.25, 0.3) is 10.9 Å². The van der Waals surface area contributed by atoms with E-state index in [-0.39, 0.29) is 6.61 Å². The number of aromatic nitrogens is 2. The predicted molar refractivity (Wildman–Crippen MR) is 56.3 cm³/mol. The maximum atomic E-state index is 8.88. The van der Waals surface area contributed by atoms with Gasteiger partial charge in [0, 0.05) is 5.39 Å². The lowest BCUT2D eigenvalue weighted by molar-refractivity contribution is 0.271. The van der Waals surface area contributed by atoms with E-state index in [1.165, 1.54) is 10.9 Å². The van der Waals surface area contributed by atoms with E-state index in [0.29, 0.717) is 6.54 Å². The van der Waals surface area contributed by atoms with Crippen LogP contribution in [0.5, 0.6) is 0 Å². The topological polar surface area (TPSA) is 38.0 Å². The molecule has 3 nitrogen and oxygen atoms in total. The van der Waals surface area contributed by atoms with Crippen LogP contribution in [-0.2, 0) is 6.54 Å². The highest BCUT2D eigenvalue weighted by Crippen LogP contribution is 2.19. The third kappa shape index (κ3) is 1.40. The summed E-state index contributed by atoms with van der Waals surface area (Å²) in [7, 11) is 0. The number of hydrogen-bond acceptors (Lipinski definition) is 2. The summed E-state index contributed by atoms with van der Waals surface area (Å²) in [5.74, 6) is 0. The Morgan fingerprint density at radius 3 is 2.86 bits per heavy atom. The van der Waals surface area contributed by atoms with Crippen molar-refractivity contribution >= 4 is 10.9 Å². The number of aliphatic hydroxyl groups excluding tert-OH is 1.